The molecule has 152 valence electrons. The molecule has 3 aliphatic rings. The summed E-state index contributed by atoms with van der Waals surface area (Å²) < 4.78 is 0. The lowest BCUT2D eigenvalue weighted by Crippen LogP contribution is -2.57. The maximum Gasteiger partial charge on any atom is 0.226 e. The van der Waals surface area contributed by atoms with Gasteiger partial charge in [-0.1, -0.05) is 0 Å². The van der Waals surface area contributed by atoms with Gasteiger partial charge < -0.3 is 10.2 Å². The number of nitrogens with one attached hydrogen (secondary N) is 1. The van der Waals surface area contributed by atoms with Crippen LogP contribution >= 0.6 is 0 Å². The van der Waals surface area contributed by atoms with Gasteiger partial charge in [-0.25, -0.2) is 9.97 Å². The van der Waals surface area contributed by atoms with Crippen molar-refractivity contribution in [1.29, 1.82) is 0 Å². The van der Waals surface area contributed by atoms with E-state index >= 15 is 0 Å². The molecule has 3 atom stereocenters. The van der Waals surface area contributed by atoms with E-state index in [0.29, 0.717) is 18.1 Å². The first kappa shape index (κ1) is 18.5. The lowest BCUT2D eigenvalue weighted by atomic mass is 9.82. The smallest absolute Gasteiger partial charge is 0.226 e. The van der Waals surface area contributed by atoms with Crippen LogP contribution in [0.3, 0.4) is 0 Å². The molecule has 2 aliphatic heterocycles. The molecule has 4 heterocycles. The average Bonchev–Trinajstić information content (AvgIpc) is 3.53. The maximum absolute atomic E-state index is 12.2. The van der Waals surface area contributed by atoms with Crippen LogP contribution in [-0.4, -0.2) is 39.0 Å². The minimum Gasteiger partial charge on any atom is -0.353 e. The van der Waals surface area contributed by atoms with Crippen molar-refractivity contribution in [1.82, 2.24) is 20.3 Å². The summed E-state index contributed by atoms with van der Waals surface area (Å²) >= 11 is 0. The zero-order valence-corrected chi connectivity index (χ0v) is 17.3. The molecular weight excluding hydrogens is 362 g/mol. The fraction of sp³-hybridized carbons (Fsp3) is 0.565. The molecule has 5 rings (SSSR count). The second-order valence-corrected chi connectivity index (χ2v) is 8.92. The number of rotatable bonds is 4. The molecule has 29 heavy (non-hydrogen) atoms. The normalized spacial score (nSPS) is 26.3. The van der Waals surface area contributed by atoms with E-state index in [2.05, 4.69) is 26.3 Å². The number of aromatic nitrogens is 3. The molecule has 2 saturated heterocycles. The topological polar surface area (TPSA) is 71.0 Å². The molecule has 2 aromatic rings. The summed E-state index contributed by atoms with van der Waals surface area (Å²) in [5.74, 6) is 1.37. The molecule has 6 nitrogen and oxygen atoms in total. The number of pyridine rings is 1. The van der Waals surface area contributed by atoms with Crippen LogP contribution < -0.4 is 10.2 Å². The Labute approximate surface area is 172 Å². The number of fused-ring (bicyclic) bond motifs is 2. The van der Waals surface area contributed by atoms with Crippen molar-refractivity contribution in [3.63, 3.8) is 0 Å². The summed E-state index contributed by atoms with van der Waals surface area (Å²) in [6, 6.07) is 7.21. The Morgan fingerprint density at radius 2 is 1.79 bits per heavy atom. The number of hydrogen-bond acceptors (Lipinski definition) is 5. The molecule has 2 aromatic heterocycles. The highest BCUT2D eigenvalue weighted by Crippen LogP contribution is 2.37. The summed E-state index contributed by atoms with van der Waals surface area (Å²) in [5.41, 5.74) is 4.01. The van der Waals surface area contributed by atoms with E-state index in [1.807, 2.05) is 32.2 Å². The largest absolute Gasteiger partial charge is 0.353 e. The number of aryl methyl sites for hydroxylation is 2. The summed E-state index contributed by atoms with van der Waals surface area (Å²) in [7, 11) is 0. The standard InChI is InChI=1S/C23H29N5O/c1-14-6-9-20(15(2)25-14)21-10-11-24-23(27-21)28-18-4-3-5-19(28)13-17(12-18)26-22(29)16-7-8-16/h6,9-11,16-19H,3-5,7-8,12-13H2,1-2H3,(H,26,29)/t17?,18-,19+. The fourth-order valence-electron chi connectivity index (χ4n) is 5.07. The van der Waals surface area contributed by atoms with Gasteiger partial charge in [-0.15, -0.1) is 0 Å². The van der Waals surface area contributed by atoms with Crippen molar-refractivity contribution in [2.24, 2.45) is 5.92 Å². The molecule has 1 aliphatic carbocycles. The zero-order chi connectivity index (χ0) is 20.0. The van der Waals surface area contributed by atoms with E-state index in [1.54, 1.807) is 0 Å². The first-order valence-corrected chi connectivity index (χ1v) is 10.9. The SMILES string of the molecule is Cc1ccc(-c2ccnc(N3[C@@H]4CCC[C@H]3CC(NC(=O)C3CC3)C4)n2)c(C)n1. The van der Waals surface area contributed by atoms with Crippen LogP contribution in [0, 0.1) is 19.8 Å². The Balaban J connectivity index is 1.38. The van der Waals surface area contributed by atoms with Crippen LogP contribution in [0.5, 0.6) is 0 Å². The van der Waals surface area contributed by atoms with Gasteiger partial charge in [-0.05, 0) is 77.0 Å². The van der Waals surface area contributed by atoms with Crippen molar-refractivity contribution in [3.8, 4) is 11.3 Å². The van der Waals surface area contributed by atoms with Crippen molar-refractivity contribution >= 4 is 11.9 Å². The van der Waals surface area contributed by atoms with Crippen molar-refractivity contribution in [3.05, 3.63) is 35.8 Å². The number of carbonyl (C=O) groups excluding carboxylic acids is 1. The number of anilines is 1. The van der Waals surface area contributed by atoms with E-state index in [0.717, 1.165) is 67.1 Å². The third-order valence-corrected chi connectivity index (χ3v) is 6.64. The third kappa shape index (κ3) is 3.72. The minimum atomic E-state index is 0.266. The van der Waals surface area contributed by atoms with E-state index < -0.39 is 0 Å². The van der Waals surface area contributed by atoms with Crippen LogP contribution in [-0.2, 0) is 4.79 Å². The minimum absolute atomic E-state index is 0.266. The Hall–Kier alpha value is -2.50. The van der Waals surface area contributed by atoms with Gasteiger partial charge in [0.05, 0.1) is 5.69 Å². The average molecular weight is 392 g/mol. The summed E-state index contributed by atoms with van der Waals surface area (Å²) in [5, 5.41) is 3.32. The summed E-state index contributed by atoms with van der Waals surface area (Å²) in [4.78, 5) is 28.9. The van der Waals surface area contributed by atoms with Gasteiger partial charge in [0.15, 0.2) is 0 Å². The fourth-order valence-corrected chi connectivity index (χ4v) is 5.07. The second-order valence-electron chi connectivity index (χ2n) is 8.92. The lowest BCUT2D eigenvalue weighted by Gasteiger charge is -2.49. The molecule has 3 fully saturated rings. The summed E-state index contributed by atoms with van der Waals surface area (Å²) in [6.07, 6.45) is 9.51. The van der Waals surface area contributed by atoms with E-state index in [1.165, 1.54) is 6.42 Å². The first-order valence-electron chi connectivity index (χ1n) is 10.9. The molecular formula is C23H29N5O. The molecule has 0 radical (unpaired) electrons. The quantitative estimate of drug-likeness (QED) is 0.863. The highest BCUT2D eigenvalue weighted by Gasteiger charge is 2.41. The predicted octanol–water partition coefficient (Wildman–Crippen LogP) is 3.57. The van der Waals surface area contributed by atoms with Gasteiger partial charge in [0.1, 0.15) is 0 Å². The molecule has 1 amide bonds. The van der Waals surface area contributed by atoms with E-state index in [9.17, 15) is 4.79 Å². The van der Waals surface area contributed by atoms with Gasteiger partial charge in [0.2, 0.25) is 11.9 Å². The highest BCUT2D eigenvalue weighted by molar-refractivity contribution is 5.81. The zero-order valence-electron chi connectivity index (χ0n) is 17.3. The number of carbonyl (C=O) groups is 1. The van der Waals surface area contributed by atoms with Crippen LogP contribution in [0.4, 0.5) is 5.95 Å². The molecule has 0 aromatic carbocycles. The van der Waals surface area contributed by atoms with E-state index in [4.69, 9.17) is 4.98 Å². The Morgan fingerprint density at radius 3 is 2.48 bits per heavy atom. The van der Waals surface area contributed by atoms with Crippen molar-refractivity contribution in [2.75, 3.05) is 4.90 Å². The van der Waals surface area contributed by atoms with Gasteiger partial charge in [0.25, 0.3) is 0 Å². The second kappa shape index (κ2) is 7.39. The number of amides is 1. The number of piperidine rings is 2. The monoisotopic (exact) mass is 391 g/mol. The van der Waals surface area contributed by atoms with Gasteiger partial charge in [0, 0.05) is 47.2 Å². The Morgan fingerprint density at radius 1 is 1.03 bits per heavy atom. The van der Waals surface area contributed by atoms with Crippen molar-refractivity contribution < 1.29 is 4.79 Å². The van der Waals surface area contributed by atoms with Crippen LogP contribution in [0.25, 0.3) is 11.3 Å². The molecule has 1 unspecified atom stereocenters. The third-order valence-electron chi connectivity index (χ3n) is 6.64. The number of hydrogen-bond donors (Lipinski definition) is 1. The molecule has 2 bridgehead atoms. The predicted molar refractivity (Wildman–Crippen MR) is 113 cm³/mol. The van der Waals surface area contributed by atoms with Gasteiger partial charge >= 0.3 is 0 Å². The molecule has 6 heteroatoms. The van der Waals surface area contributed by atoms with Crippen LogP contribution in [0.15, 0.2) is 24.4 Å². The number of nitrogens with zero attached hydrogens (tertiary/aromatic N) is 4. The Kier molecular flexibility index (Phi) is 4.72. The van der Waals surface area contributed by atoms with Gasteiger partial charge in [-0.3, -0.25) is 9.78 Å². The highest BCUT2D eigenvalue weighted by atomic mass is 16.2. The summed E-state index contributed by atoms with van der Waals surface area (Å²) in [6.45, 7) is 4.04. The first-order chi connectivity index (χ1) is 14.1. The molecule has 1 N–H and O–H groups in total. The maximum atomic E-state index is 12.2. The van der Waals surface area contributed by atoms with Gasteiger partial charge in [-0.2, -0.15) is 0 Å². The lowest BCUT2D eigenvalue weighted by molar-refractivity contribution is -0.123. The van der Waals surface area contributed by atoms with E-state index in [-0.39, 0.29) is 11.8 Å². The van der Waals surface area contributed by atoms with Crippen LogP contribution in [0.2, 0.25) is 0 Å². The van der Waals surface area contributed by atoms with Crippen LogP contribution in [0.1, 0.15) is 56.3 Å². The molecule has 0 spiro atoms. The molecule has 1 saturated carbocycles. The Bertz CT molecular complexity index is 911. The van der Waals surface area contributed by atoms with Crippen molar-refractivity contribution in [2.45, 2.75) is 76.9 Å².